The average molecular weight is 327 g/mol. The highest BCUT2D eigenvalue weighted by atomic mass is 16.5. The number of ether oxygens (including phenoxy) is 1. The number of piperazine rings is 1. The van der Waals surface area contributed by atoms with Crippen LogP contribution < -0.4 is 10.6 Å². The van der Waals surface area contributed by atoms with Gasteiger partial charge in [-0.3, -0.25) is 14.7 Å². The van der Waals surface area contributed by atoms with E-state index in [9.17, 15) is 4.79 Å². The molecule has 0 aromatic rings. The van der Waals surface area contributed by atoms with Crippen LogP contribution in [0.4, 0.5) is 0 Å². The van der Waals surface area contributed by atoms with E-state index in [1.807, 2.05) is 11.8 Å². The molecule has 2 N–H and O–H groups in total. The second-order valence-corrected chi connectivity index (χ2v) is 5.59. The molecule has 0 aromatic heterocycles. The summed E-state index contributed by atoms with van der Waals surface area (Å²) in [6.07, 6.45) is 0.942. The SMILES string of the molecule is CCNC(=NCCCOCC)NCCN1CCN(C(C)=O)CC1. The quantitative estimate of drug-likeness (QED) is 0.358. The first kappa shape index (κ1) is 19.7. The van der Waals surface area contributed by atoms with E-state index in [2.05, 4.69) is 27.4 Å². The van der Waals surface area contributed by atoms with Crippen molar-refractivity contribution in [2.45, 2.75) is 27.2 Å². The smallest absolute Gasteiger partial charge is 0.219 e. The molecule has 1 fully saturated rings. The molecule has 1 rings (SSSR count). The molecule has 0 aromatic carbocycles. The number of hydrogen-bond donors (Lipinski definition) is 2. The van der Waals surface area contributed by atoms with Gasteiger partial charge in [0.2, 0.25) is 5.91 Å². The molecule has 23 heavy (non-hydrogen) atoms. The second-order valence-electron chi connectivity index (χ2n) is 5.59. The first-order chi connectivity index (χ1) is 11.2. The van der Waals surface area contributed by atoms with Crippen LogP contribution in [-0.2, 0) is 9.53 Å². The lowest BCUT2D eigenvalue weighted by Crippen LogP contribution is -2.50. The zero-order chi connectivity index (χ0) is 16.9. The predicted octanol–water partition coefficient (Wildman–Crippen LogP) is 0.132. The largest absolute Gasteiger partial charge is 0.382 e. The van der Waals surface area contributed by atoms with Gasteiger partial charge in [0.1, 0.15) is 0 Å². The Hall–Kier alpha value is -1.34. The van der Waals surface area contributed by atoms with Crippen molar-refractivity contribution in [1.82, 2.24) is 20.4 Å². The van der Waals surface area contributed by atoms with Crippen molar-refractivity contribution in [1.29, 1.82) is 0 Å². The lowest BCUT2D eigenvalue weighted by atomic mass is 10.3. The number of hydrogen-bond acceptors (Lipinski definition) is 4. The number of nitrogens with zero attached hydrogens (tertiary/aromatic N) is 3. The molecule has 7 heteroatoms. The summed E-state index contributed by atoms with van der Waals surface area (Å²) in [4.78, 5) is 20.1. The molecule has 0 aliphatic carbocycles. The van der Waals surface area contributed by atoms with Gasteiger partial charge in [0.15, 0.2) is 5.96 Å². The first-order valence-corrected chi connectivity index (χ1v) is 8.75. The lowest BCUT2D eigenvalue weighted by molar-refractivity contribution is -0.130. The third kappa shape index (κ3) is 8.76. The Kier molecular flexibility index (Phi) is 10.4. The van der Waals surface area contributed by atoms with Gasteiger partial charge in [-0.2, -0.15) is 0 Å². The summed E-state index contributed by atoms with van der Waals surface area (Å²) in [6, 6.07) is 0. The molecular formula is C16H33N5O2. The van der Waals surface area contributed by atoms with Crippen LogP contribution >= 0.6 is 0 Å². The van der Waals surface area contributed by atoms with Crippen LogP contribution in [0.2, 0.25) is 0 Å². The van der Waals surface area contributed by atoms with Gasteiger partial charge in [-0.25, -0.2) is 0 Å². The maximum atomic E-state index is 11.3. The fraction of sp³-hybridized carbons (Fsp3) is 0.875. The number of nitrogens with one attached hydrogen (secondary N) is 2. The van der Waals surface area contributed by atoms with Gasteiger partial charge in [0, 0.05) is 72.5 Å². The van der Waals surface area contributed by atoms with Crippen LogP contribution in [0.3, 0.4) is 0 Å². The summed E-state index contributed by atoms with van der Waals surface area (Å²) >= 11 is 0. The number of rotatable bonds is 9. The van der Waals surface area contributed by atoms with E-state index in [1.54, 1.807) is 6.92 Å². The molecule has 0 saturated carbocycles. The van der Waals surface area contributed by atoms with E-state index < -0.39 is 0 Å². The number of guanidine groups is 1. The van der Waals surface area contributed by atoms with Gasteiger partial charge in [-0.1, -0.05) is 0 Å². The van der Waals surface area contributed by atoms with Crippen LogP contribution in [0.15, 0.2) is 4.99 Å². The monoisotopic (exact) mass is 327 g/mol. The van der Waals surface area contributed by atoms with Crippen LogP contribution in [0.1, 0.15) is 27.2 Å². The summed E-state index contributed by atoms with van der Waals surface area (Å²) < 4.78 is 5.32. The minimum atomic E-state index is 0.177. The molecule has 1 aliphatic heterocycles. The lowest BCUT2D eigenvalue weighted by Gasteiger charge is -2.34. The molecule has 0 unspecified atom stereocenters. The predicted molar refractivity (Wildman–Crippen MR) is 93.8 cm³/mol. The molecule has 0 radical (unpaired) electrons. The standard InChI is InChI=1S/C16H33N5O2/c1-4-17-16(18-7-6-14-23-5-2)19-8-9-20-10-12-21(13-11-20)15(3)22/h4-14H2,1-3H3,(H2,17,18,19). The number of aliphatic imine (C=N–C) groups is 1. The van der Waals surface area contributed by atoms with E-state index in [0.717, 1.165) is 78.0 Å². The fourth-order valence-electron chi connectivity index (χ4n) is 2.46. The summed E-state index contributed by atoms with van der Waals surface area (Å²) in [5.41, 5.74) is 0. The Morgan fingerprint density at radius 1 is 1.17 bits per heavy atom. The zero-order valence-electron chi connectivity index (χ0n) is 14.9. The topological polar surface area (TPSA) is 69.2 Å². The van der Waals surface area contributed by atoms with Gasteiger partial charge in [-0.15, -0.1) is 0 Å². The molecule has 1 saturated heterocycles. The second kappa shape index (κ2) is 12.1. The first-order valence-electron chi connectivity index (χ1n) is 8.75. The molecule has 134 valence electrons. The molecule has 0 spiro atoms. The van der Waals surface area contributed by atoms with Gasteiger partial charge < -0.3 is 20.3 Å². The molecule has 7 nitrogen and oxygen atoms in total. The molecule has 1 aliphatic rings. The van der Waals surface area contributed by atoms with Crippen molar-refractivity contribution < 1.29 is 9.53 Å². The minimum Gasteiger partial charge on any atom is -0.382 e. The van der Waals surface area contributed by atoms with E-state index >= 15 is 0 Å². The maximum absolute atomic E-state index is 11.3. The van der Waals surface area contributed by atoms with Gasteiger partial charge >= 0.3 is 0 Å². The van der Waals surface area contributed by atoms with Crippen molar-refractivity contribution in [2.24, 2.45) is 4.99 Å². The van der Waals surface area contributed by atoms with E-state index in [0.29, 0.717) is 0 Å². The molecule has 1 heterocycles. The summed E-state index contributed by atoms with van der Waals surface area (Å²) in [7, 11) is 0. The Bertz CT molecular complexity index is 354. The van der Waals surface area contributed by atoms with Gasteiger partial charge in [0.05, 0.1) is 0 Å². The normalized spacial score (nSPS) is 16.5. The van der Waals surface area contributed by atoms with Crippen LogP contribution in [0.25, 0.3) is 0 Å². The zero-order valence-corrected chi connectivity index (χ0v) is 14.9. The molecule has 0 atom stereocenters. The van der Waals surface area contributed by atoms with Gasteiger partial charge in [-0.05, 0) is 20.3 Å². The van der Waals surface area contributed by atoms with Crippen LogP contribution in [-0.4, -0.2) is 87.2 Å². The third-order valence-electron chi connectivity index (χ3n) is 3.80. The minimum absolute atomic E-state index is 0.177. The summed E-state index contributed by atoms with van der Waals surface area (Å²) in [5.74, 6) is 1.04. The van der Waals surface area contributed by atoms with Gasteiger partial charge in [0.25, 0.3) is 0 Å². The molecular weight excluding hydrogens is 294 g/mol. The van der Waals surface area contributed by atoms with E-state index in [1.165, 1.54) is 0 Å². The fourth-order valence-corrected chi connectivity index (χ4v) is 2.46. The van der Waals surface area contributed by atoms with Crippen molar-refractivity contribution in [2.75, 3.05) is 65.6 Å². The average Bonchev–Trinajstić information content (AvgIpc) is 2.55. The summed E-state index contributed by atoms with van der Waals surface area (Å²) in [5, 5.41) is 6.63. The highest BCUT2D eigenvalue weighted by molar-refractivity contribution is 5.79. The Morgan fingerprint density at radius 2 is 1.91 bits per heavy atom. The van der Waals surface area contributed by atoms with Crippen LogP contribution in [0, 0.1) is 0 Å². The van der Waals surface area contributed by atoms with E-state index in [4.69, 9.17) is 4.74 Å². The van der Waals surface area contributed by atoms with E-state index in [-0.39, 0.29) is 5.91 Å². The maximum Gasteiger partial charge on any atom is 0.219 e. The molecule has 0 bridgehead atoms. The number of amides is 1. The Labute approximate surface area is 140 Å². The van der Waals surface area contributed by atoms with Crippen molar-refractivity contribution in [3.8, 4) is 0 Å². The highest BCUT2D eigenvalue weighted by Crippen LogP contribution is 2.00. The Balaban J connectivity index is 2.19. The van der Waals surface area contributed by atoms with Crippen molar-refractivity contribution in [3.63, 3.8) is 0 Å². The number of carbonyl (C=O) groups excluding carboxylic acids is 1. The Morgan fingerprint density at radius 3 is 2.52 bits per heavy atom. The molecule has 1 amide bonds. The van der Waals surface area contributed by atoms with Crippen molar-refractivity contribution in [3.05, 3.63) is 0 Å². The highest BCUT2D eigenvalue weighted by Gasteiger charge is 2.17. The van der Waals surface area contributed by atoms with Crippen LogP contribution in [0.5, 0.6) is 0 Å². The third-order valence-corrected chi connectivity index (χ3v) is 3.80. The summed E-state index contributed by atoms with van der Waals surface area (Å²) in [6.45, 7) is 14.3. The number of carbonyl (C=O) groups is 1. The van der Waals surface area contributed by atoms with Crippen molar-refractivity contribution >= 4 is 11.9 Å².